The first-order chi connectivity index (χ1) is 11.0. The van der Waals surface area contributed by atoms with Crippen LogP contribution in [0.5, 0.6) is 0 Å². The Labute approximate surface area is 138 Å². The lowest BCUT2D eigenvalue weighted by Crippen LogP contribution is -2.50. The molecule has 23 heavy (non-hydrogen) atoms. The molecular formula is C16H25N3O3S. The molecule has 3 heterocycles. The third-order valence-corrected chi connectivity index (χ3v) is 5.51. The number of hydrogen-bond donors (Lipinski definition) is 1. The molecule has 0 bridgehead atoms. The van der Waals surface area contributed by atoms with E-state index in [2.05, 4.69) is 20.7 Å². The topological polar surface area (TPSA) is 71.5 Å². The third-order valence-electron chi connectivity index (χ3n) is 4.78. The molecule has 1 aromatic rings. The van der Waals surface area contributed by atoms with E-state index in [4.69, 9.17) is 4.74 Å². The fourth-order valence-corrected chi connectivity index (χ4v) is 4.60. The van der Waals surface area contributed by atoms with Gasteiger partial charge in [-0.25, -0.2) is 13.1 Å². The van der Waals surface area contributed by atoms with Crippen molar-refractivity contribution in [2.45, 2.75) is 43.8 Å². The molecule has 2 aliphatic heterocycles. The lowest BCUT2D eigenvalue weighted by Gasteiger charge is -2.37. The highest BCUT2D eigenvalue weighted by atomic mass is 32.2. The summed E-state index contributed by atoms with van der Waals surface area (Å²) in [6.07, 6.45) is 8.60. The molecule has 7 heteroatoms. The van der Waals surface area contributed by atoms with E-state index in [0.717, 1.165) is 51.0 Å². The van der Waals surface area contributed by atoms with Crippen molar-refractivity contribution >= 4 is 10.0 Å². The summed E-state index contributed by atoms with van der Waals surface area (Å²) in [6, 6.07) is 4.62. The van der Waals surface area contributed by atoms with E-state index >= 15 is 0 Å². The van der Waals surface area contributed by atoms with E-state index in [1.165, 1.54) is 6.26 Å². The fourth-order valence-electron chi connectivity index (χ4n) is 3.78. The van der Waals surface area contributed by atoms with Gasteiger partial charge >= 0.3 is 0 Å². The number of nitrogens with one attached hydrogen (secondary N) is 1. The van der Waals surface area contributed by atoms with Crippen molar-refractivity contribution in [3.05, 3.63) is 30.1 Å². The number of rotatable bonds is 5. The molecule has 1 aromatic heterocycles. The first kappa shape index (κ1) is 16.8. The predicted octanol–water partition coefficient (Wildman–Crippen LogP) is 0.795. The average molecular weight is 339 g/mol. The van der Waals surface area contributed by atoms with Crippen LogP contribution in [0.25, 0.3) is 0 Å². The molecule has 2 aliphatic rings. The van der Waals surface area contributed by atoms with Gasteiger partial charge in [0, 0.05) is 50.3 Å². The van der Waals surface area contributed by atoms with Gasteiger partial charge in [-0.05, 0) is 37.3 Å². The van der Waals surface area contributed by atoms with Gasteiger partial charge in [0.05, 0.1) is 6.26 Å². The molecule has 0 radical (unpaired) electrons. The second kappa shape index (κ2) is 7.25. The lowest BCUT2D eigenvalue weighted by molar-refractivity contribution is 0.0279. The van der Waals surface area contributed by atoms with Crippen LogP contribution in [0.3, 0.4) is 0 Å². The van der Waals surface area contributed by atoms with Gasteiger partial charge in [0.25, 0.3) is 0 Å². The Morgan fingerprint density at radius 3 is 2.78 bits per heavy atom. The normalized spacial score (nSPS) is 27.3. The molecule has 2 atom stereocenters. The average Bonchev–Trinajstić information content (AvgIpc) is 2.90. The zero-order chi connectivity index (χ0) is 16.3. The van der Waals surface area contributed by atoms with Crippen LogP contribution in [0, 0.1) is 0 Å². The minimum atomic E-state index is -3.20. The number of pyridine rings is 1. The van der Waals surface area contributed by atoms with Gasteiger partial charge in [-0.2, -0.15) is 0 Å². The fraction of sp³-hybridized carbons (Fsp3) is 0.688. The monoisotopic (exact) mass is 339 g/mol. The Kier molecular flexibility index (Phi) is 5.31. The summed E-state index contributed by atoms with van der Waals surface area (Å²) in [5.74, 6) is 0. The first-order valence-corrected chi connectivity index (χ1v) is 10.1. The summed E-state index contributed by atoms with van der Waals surface area (Å²) in [5, 5.41) is 0. The van der Waals surface area contributed by atoms with Crippen molar-refractivity contribution in [3.8, 4) is 0 Å². The molecular weight excluding hydrogens is 314 g/mol. The summed E-state index contributed by atoms with van der Waals surface area (Å²) in [5.41, 5.74) is 1.15. The van der Waals surface area contributed by atoms with Crippen LogP contribution >= 0.6 is 0 Å². The molecule has 0 unspecified atom stereocenters. The third kappa shape index (κ3) is 4.50. The standard InChI is InChI=1S/C16H25N3O3S/c1-23(20,21)18-15-4-8-19(14-5-9-22-10-6-14)16(15)11-13-3-2-7-17-12-13/h2-3,7,12,14-16,18H,4-6,8-11H2,1H3/t15-,16-/m1/s1. The molecule has 0 saturated carbocycles. The maximum Gasteiger partial charge on any atom is 0.209 e. The minimum Gasteiger partial charge on any atom is -0.381 e. The predicted molar refractivity (Wildman–Crippen MR) is 88.7 cm³/mol. The highest BCUT2D eigenvalue weighted by Crippen LogP contribution is 2.28. The summed E-state index contributed by atoms with van der Waals surface area (Å²) in [7, 11) is -3.20. The Morgan fingerprint density at radius 1 is 1.35 bits per heavy atom. The van der Waals surface area contributed by atoms with Gasteiger partial charge in [-0.15, -0.1) is 0 Å². The van der Waals surface area contributed by atoms with E-state index < -0.39 is 10.0 Å². The highest BCUT2D eigenvalue weighted by Gasteiger charge is 2.39. The zero-order valence-corrected chi connectivity index (χ0v) is 14.3. The van der Waals surface area contributed by atoms with E-state index in [-0.39, 0.29) is 12.1 Å². The number of likely N-dealkylation sites (tertiary alicyclic amines) is 1. The highest BCUT2D eigenvalue weighted by molar-refractivity contribution is 7.88. The Hall–Kier alpha value is -1.02. The summed E-state index contributed by atoms with van der Waals surface area (Å²) >= 11 is 0. The smallest absolute Gasteiger partial charge is 0.209 e. The van der Waals surface area contributed by atoms with Crippen LogP contribution in [0.1, 0.15) is 24.8 Å². The van der Waals surface area contributed by atoms with Crippen molar-refractivity contribution in [2.75, 3.05) is 26.0 Å². The molecule has 0 amide bonds. The van der Waals surface area contributed by atoms with E-state index in [1.807, 2.05) is 12.3 Å². The number of nitrogens with zero attached hydrogens (tertiary/aromatic N) is 2. The quantitative estimate of drug-likeness (QED) is 0.859. The van der Waals surface area contributed by atoms with E-state index in [0.29, 0.717) is 6.04 Å². The molecule has 6 nitrogen and oxygen atoms in total. The summed E-state index contributed by atoms with van der Waals surface area (Å²) in [6.45, 7) is 2.53. The van der Waals surface area contributed by atoms with Crippen molar-refractivity contribution in [1.82, 2.24) is 14.6 Å². The molecule has 128 valence electrons. The van der Waals surface area contributed by atoms with Gasteiger partial charge in [0.1, 0.15) is 0 Å². The van der Waals surface area contributed by atoms with Crippen LogP contribution < -0.4 is 4.72 Å². The van der Waals surface area contributed by atoms with Gasteiger partial charge in [0.2, 0.25) is 10.0 Å². The van der Waals surface area contributed by atoms with E-state index in [9.17, 15) is 8.42 Å². The largest absolute Gasteiger partial charge is 0.381 e. The van der Waals surface area contributed by atoms with Crippen molar-refractivity contribution in [3.63, 3.8) is 0 Å². The molecule has 2 saturated heterocycles. The summed E-state index contributed by atoms with van der Waals surface area (Å²) < 4.78 is 31.7. The minimum absolute atomic E-state index is 0.0342. The molecule has 0 spiro atoms. The van der Waals surface area contributed by atoms with Crippen molar-refractivity contribution in [2.24, 2.45) is 0 Å². The Bertz CT molecular complexity index is 602. The first-order valence-electron chi connectivity index (χ1n) is 8.22. The second-order valence-electron chi connectivity index (χ2n) is 6.50. The van der Waals surface area contributed by atoms with Crippen LogP contribution in [-0.2, 0) is 21.2 Å². The van der Waals surface area contributed by atoms with Crippen molar-refractivity contribution < 1.29 is 13.2 Å². The zero-order valence-electron chi connectivity index (χ0n) is 13.5. The Morgan fingerprint density at radius 2 is 2.13 bits per heavy atom. The number of ether oxygens (including phenoxy) is 1. The van der Waals surface area contributed by atoms with Crippen LogP contribution in [-0.4, -0.2) is 62.4 Å². The number of hydrogen-bond acceptors (Lipinski definition) is 5. The maximum absolute atomic E-state index is 11.7. The SMILES string of the molecule is CS(=O)(=O)N[C@@H]1CCN(C2CCOCC2)[C@@H]1Cc1cccnc1. The van der Waals surface area contributed by atoms with Gasteiger partial charge in [-0.1, -0.05) is 6.07 Å². The molecule has 0 aliphatic carbocycles. The lowest BCUT2D eigenvalue weighted by atomic mass is 9.99. The molecule has 1 N–H and O–H groups in total. The number of sulfonamides is 1. The van der Waals surface area contributed by atoms with E-state index in [1.54, 1.807) is 6.20 Å². The van der Waals surface area contributed by atoms with Gasteiger partial charge in [0.15, 0.2) is 0 Å². The number of aromatic nitrogens is 1. The van der Waals surface area contributed by atoms with Crippen LogP contribution in [0.4, 0.5) is 0 Å². The molecule has 2 fully saturated rings. The maximum atomic E-state index is 11.7. The van der Waals surface area contributed by atoms with Gasteiger partial charge in [-0.3, -0.25) is 9.88 Å². The second-order valence-corrected chi connectivity index (χ2v) is 8.28. The van der Waals surface area contributed by atoms with Gasteiger partial charge < -0.3 is 4.74 Å². The Balaban J connectivity index is 1.78. The van der Waals surface area contributed by atoms with Crippen LogP contribution in [0.2, 0.25) is 0 Å². The van der Waals surface area contributed by atoms with Crippen molar-refractivity contribution in [1.29, 1.82) is 0 Å². The van der Waals surface area contributed by atoms with Crippen LogP contribution in [0.15, 0.2) is 24.5 Å². The molecule has 3 rings (SSSR count). The summed E-state index contributed by atoms with van der Waals surface area (Å²) in [4.78, 5) is 6.67. The molecule has 0 aromatic carbocycles.